The van der Waals surface area contributed by atoms with E-state index in [1.807, 2.05) is 13.1 Å². The minimum atomic E-state index is -3.12. The van der Waals surface area contributed by atoms with Crippen LogP contribution < -0.4 is 0 Å². The number of sulfonamides is 1. The lowest BCUT2D eigenvalue weighted by molar-refractivity contribution is 0.202. The normalized spacial score (nSPS) is 27.5. The van der Waals surface area contributed by atoms with Crippen molar-refractivity contribution in [2.24, 2.45) is 0 Å². The van der Waals surface area contributed by atoms with Gasteiger partial charge in [0.05, 0.1) is 29.5 Å². The third-order valence-electron chi connectivity index (χ3n) is 4.74. The van der Waals surface area contributed by atoms with Crippen LogP contribution in [0.4, 0.5) is 0 Å². The van der Waals surface area contributed by atoms with Crippen LogP contribution in [0.5, 0.6) is 0 Å². The van der Waals surface area contributed by atoms with Crippen molar-refractivity contribution in [3.05, 3.63) is 18.0 Å². The monoisotopic (exact) mass is 376 g/mol. The molecule has 0 bridgehead atoms. The predicted molar refractivity (Wildman–Crippen MR) is 90.8 cm³/mol. The molecule has 2 fully saturated rings. The van der Waals surface area contributed by atoms with Crippen molar-refractivity contribution in [1.82, 2.24) is 19.0 Å². The molecule has 1 atom stereocenters. The summed E-state index contributed by atoms with van der Waals surface area (Å²) in [4.78, 5) is 2.08. The second-order valence-corrected chi connectivity index (χ2v) is 10.7. The highest BCUT2D eigenvalue weighted by Gasteiger charge is 2.34. The van der Waals surface area contributed by atoms with E-state index >= 15 is 0 Å². The van der Waals surface area contributed by atoms with E-state index in [1.165, 1.54) is 4.31 Å². The first-order valence-electron chi connectivity index (χ1n) is 8.25. The van der Waals surface area contributed by atoms with Crippen LogP contribution in [0.2, 0.25) is 0 Å². The van der Waals surface area contributed by atoms with E-state index in [-0.39, 0.29) is 23.3 Å². The summed E-state index contributed by atoms with van der Waals surface area (Å²) in [5.41, 5.74) is 0.879. The van der Waals surface area contributed by atoms with E-state index in [1.54, 1.807) is 10.9 Å². The molecule has 0 N–H and O–H groups in total. The van der Waals surface area contributed by atoms with Crippen LogP contribution in [0.15, 0.2) is 12.4 Å². The van der Waals surface area contributed by atoms with Crippen LogP contribution >= 0.6 is 0 Å². The molecule has 24 heavy (non-hydrogen) atoms. The molecule has 0 aliphatic carbocycles. The molecule has 8 nitrogen and oxygen atoms in total. The maximum Gasteiger partial charge on any atom is 0.214 e. The van der Waals surface area contributed by atoms with Gasteiger partial charge in [-0.15, -0.1) is 0 Å². The SMILES string of the molecule is CCn1cc(C2CS(=O)(=O)CCN2CCN2CCCS2(=O)=O)cn1. The minimum Gasteiger partial charge on any atom is -0.293 e. The van der Waals surface area contributed by atoms with Gasteiger partial charge in [0.25, 0.3) is 0 Å². The van der Waals surface area contributed by atoms with Gasteiger partial charge in [-0.1, -0.05) is 0 Å². The average molecular weight is 377 g/mol. The zero-order valence-electron chi connectivity index (χ0n) is 13.8. The largest absolute Gasteiger partial charge is 0.293 e. The number of aromatic nitrogens is 2. The Morgan fingerprint density at radius 3 is 2.58 bits per heavy atom. The predicted octanol–water partition coefficient (Wildman–Crippen LogP) is -0.290. The summed E-state index contributed by atoms with van der Waals surface area (Å²) in [5, 5.41) is 4.24. The maximum atomic E-state index is 12.1. The Labute approximate surface area is 143 Å². The Hall–Kier alpha value is -0.970. The molecule has 0 radical (unpaired) electrons. The summed E-state index contributed by atoms with van der Waals surface area (Å²) in [6.45, 7) is 4.65. The van der Waals surface area contributed by atoms with E-state index in [4.69, 9.17) is 0 Å². The first-order valence-corrected chi connectivity index (χ1v) is 11.7. The van der Waals surface area contributed by atoms with Gasteiger partial charge in [-0.25, -0.2) is 21.1 Å². The van der Waals surface area contributed by atoms with Crippen molar-refractivity contribution in [3.8, 4) is 0 Å². The second-order valence-electron chi connectivity index (χ2n) is 6.36. The Kier molecular flexibility index (Phi) is 5.01. The number of sulfone groups is 1. The van der Waals surface area contributed by atoms with Gasteiger partial charge in [0.2, 0.25) is 10.0 Å². The molecule has 0 spiro atoms. The molecule has 3 rings (SSSR count). The summed E-state index contributed by atoms with van der Waals surface area (Å²) < 4.78 is 51.3. The highest BCUT2D eigenvalue weighted by atomic mass is 32.2. The summed E-state index contributed by atoms with van der Waals surface area (Å²) in [5.74, 6) is 0.404. The number of nitrogens with zero attached hydrogens (tertiary/aromatic N) is 4. The van der Waals surface area contributed by atoms with E-state index in [9.17, 15) is 16.8 Å². The lowest BCUT2D eigenvalue weighted by Crippen LogP contribution is -2.46. The number of aryl methyl sites for hydroxylation is 1. The van der Waals surface area contributed by atoms with Crippen molar-refractivity contribution in [1.29, 1.82) is 0 Å². The smallest absolute Gasteiger partial charge is 0.214 e. The number of rotatable bonds is 5. The minimum absolute atomic E-state index is 0.0646. The first-order chi connectivity index (χ1) is 11.3. The molecule has 1 aromatic rings. The van der Waals surface area contributed by atoms with Crippen LogP contribution in [0.1, 0.15) is 24.9 Å². The van der Waals surface area contributed by atoms with Crippen molar-refractivity contribution in [3.63, 3.8) is 0 Å². The molecule has 3 heterocycles. The standard InChI is InChI=1S/C14H24N4O4S2/c1-2-17-11-13(10-15-17)14-12-23(19,20)9-7-16(14)5-6-18-4-3-8-24(18,21)22/h10-11,14H,2-9,12H2,1H3. The topological polar surface area (TPSA) is 92.6 Å². The fraction of sp³-hybridized carbons (Fsp3) is 0.786. The Morgan fingerprint density at radius 1 is 1.17 bits per heavy atom. The van der Waals surface area contributed by atoms with E-state index in [2.05, 4.69) is 10.00 Å². The van der Waals surface area contributed by atoms with Gasteiger partial charge in [0.15, 0.2) is 9.84 Å². The second kappa shape index (κ2) is 6.74. The third-order valence-corrected chi connectivity index (χ3v) is 8.33. The zero-order valence-corrected chi connectivity index (χ0v) is 15.5. The van der Waals surface area contributed by atoms with E-state index in [0.717, 1.165) is 12.1 Å². The van der Waals surface area contributed by atoms with Gasteiger partial charge in [-0.3, -0.25) is 9.58 Å². The number of hydrogen-bond donors (Lipinski definition) is 0. The fourth-order valence-electron chi connectivity index (χ4n) is 3.32. The fourth-order valence-corrected chi connectivity index (χ4v) is 6.41. The molecule has 1 aromatic heterocycles. The summed E-state index contributed by atoms with van der Waals surface area (Å²) in [6, 6.07) is -0.255. The molecule has 10 heteroatoms. The quantitative estimate of drug-likeness (QED) is 0.701. The Morgan fingerprint density at radius 2 is 1.96 bits per heavy atom. The van der Waals surface area contributed by atoms with Crippen LogP contribution in [-0.2, 0) is 26.4 Å². The molecular weight excluding hydrogens is 352 g/mol. The van der Waals surface area contributed by atoms with Crippen molar-refractivity contribution >= 4 is 19.9 Å². The third kappa shape index (κ3) is 3.81. The maximum absolute atomic E-state index is 12.1. The molecule has 0 amide bonds. The molecule has 2 saturated heterocycles. The molecule has 0 saturated carbocycles. The van der Waals surface area contributed by atoms with Gasteiger partial charge >= 0.3 is 0 Å². The average Bonchev–Trinajstić information content (AvgIpc) is 3.11. The number of hydrogen-bond acceptors (Lipinski definition) is 6. The van der Waals surface area contributed by atoms with Gasteiger partial charge in [-0.05, 0) is 13.3 Å². The molecule has 2 aliphatic rings. The van der Waals surface area contributed by atoms with Gasteiger partial charge in [0.1, 0.15) is 0 Å². The molecule has 0 aromatic carbocycles. The van der Waals surface area contributed by atoms with Crippen molar-refractivity contribution < 1.29 is 16.8 Å². The van der Waals surface area contributed by atoms with E-state index in [0.29, 0.717) is 32.6 Å². The van der Waals surface area contributed by atoms with Crippen molar-refractivity contribution in [2.45, 2.75) is 25.9 Å². The molecule has 1 unspecified atom stereocenters. The zero-order chi connectivity index (χ0) is 17.4. The van der Waals surface area contributed by atoms with Crippen LogP contribution in [0.25, 0.3) is 0 Å². The van der Waals surface area contributed by atoms with Gasteiger partial charge < -0.3 is 0 Å². The van der Waals surface area contributed by atoms with Crippen LogP contribution in [0.3, 0.4) is 0 Å². The summed E-state index contributed by atoms with van der Waals surface area (Å²) in [7, 11) is -6.20. The van der Waals surface area contributed by atoms with Gasteiger partial charge in [0, 0.05) is 44.5 Å². The highest BCUT2D eigenvalue weighted by Crippen LogP contribution is 2.27. The lowest BCUT2D eigenvalue weighted by Gasteiger charge is -2.35. The Balaban J connectivity index is 1.74. The first kappa shape index (κ1) is 17.8. The highest BCUT2D eigenvalue weighted by molar-refractivity contribution is 7.91. The van der Waals surface area contributed by atoms with E-state index < -0.39 is 19.9 Å². The lowest BCUT2D eigenvalue weighted by atomic mass is 10.1. The molecule has 136 valence electrons. The van der Waals surface area contributed by atoms with Crippen molar-refractivity contribution in [2.75, 3.05) is 43.4 Å². The summed E-state index contributed by atoms with van der Waals surface area (Å²) >= 11 is 0. The molecular formula is C14H24N4O4S2. The summed E-state index contributed by atoms with van der Waals surface area (Å²) in [6.07, 6.45) is 4.27. The Bertz CT molecular complexity index is 787. The van der Waals surface area contributed by atoms with Crippen LogP contribution in [0, 0.1) is 0 Å². The van der Waals surface area contributed by atoms with Crippen LogP contribution in [-0.4, -0.2) is 79.3 Å². The van der Waals surface area contributed by atoms with Gasteiger partial charge in [-0.2, -0.15) is 5.10 Å². The molecule has 2 aliphatic heterocycles.